The van der Waals surface area contributed by atoms with Crippen LogP contribution in [0.5, 0.6) is 17.2 Å². The van der Waals surface area contributed by atoms with Gasteiger partial charge in [-0.05, 0) is 44.0 Å². The average Bonchev–Trinajstić information content (AvgIpc) is 2.78. The van der Waals surface area contributed by atoms with Crippen LogP contribution in [0.25, 0.3) is 0 Å². The quantitative estimate of drug-likeness (QED) is 0.469. The summed E-state index contributed by atoms with van der Waals surface area (Å²) in [5.41, 5.74) is 0.538. The molecule has 1 aliphatic heterocycles. The molecule has 1 heterocycles. The van der Waals surface area contributed by atoms with E-state index >= 15 is 0 Å². The molecular weight excluding hydrogens is 456 g/mol. The molecule has 0 bridgehead atoms. The fraction of sp³-hybridized carbons (Fsp3) is 0.409. The van der Waals surface area contributed by atoms with E-state index in [1.54, 1.807) is 24.3 Å². The van der Waals surface area contributed by atoms with Gasteiger partial charge in [0.05, 0.1) is 22.2 Å². The Balaban J connectivity index is 1.39. The van der Waals surface area contributed by atoms with E-state index in [-0.39, 0.29) is 17.3 Å². The Bertz CT molecular complexity index is 1040. The van der Waals surface area contributed by atoms with Crippen LogP contribution in [0.15, 0.2) is 41.3 Å². The zero-order valence-electron chi connectivity index (χ0n) is 17.9. The van der Waals surface area contributed by atoms with Gasteiger partial charge in [-0.3, -0.25) is 4.79 Å². The minimum absolute atomic E-state index is 0.132. The predicted octanol–water partition coefficient (Wildman–Crippen LogP) is 3.99. The molecule has 0 unspecified atom stereocenters. The van der Waals surface area contributed by atoms with E-state index in [1.165, 1.54) is 12.1 Å². The topological polar surface area (TPSA) is 103 Å². The number of carbonyl (C=O) groups is 1. The van der Waals surface area contributed by atoms with Crippen LogP contribution >= 0.6 is 11.6 Å². The Labute approximate surface area is 193 Å². The number of benzene rings is 2. The number of fused-ring (bicyclic) bond motifs is 1. The molecule has 0 fully saturated rings. The molecule has 2 N–H and O–H groups in total. The van der Waals surface area contributed by atoms with Gasteiger partial charge in [0.1, 0.15) is 13.2 Å². The molecule has 174 valence electrons. The number of nitrogens with one attached hydrogen (secondary N) is 2. The number of unbranched alkanes of at least 4 members (excludes halogenated alkanes) is 2. The third-order valence-electron chi connectivity index (χ3n) is 4.73. The number of carbonyl (C=O) groups excluding carboxylic acids is 1. The lowest BCUT2D eigenvalue weighted by Crippen LogP contribution is -2.25. The highest BCUT2D eigenvalue weighted by Gasteiger charge is 2.19. The Morgan fingerprint density at radius 3 is 2.66 bits per heavy atom. The lowest BCUT2D eigenvalue weighted by atomic mass is 10.2. The number of ether oxygens (including phenoxy) is 3. The second kappa shape index (κ2) is 11.4. The van der Waals surface area contributed by atoms with E-state index in [0.29, 0.717) is 73.5 Å². The van der Waals surface area contributed by atoms with Gasteiger partial charge >= 0.3 is 0 Å². The second-order valence-corrected chi connectivity index (χ2v) is 9.29. The van der Waals surface area contributed by atoms with Crippen molar-refractivity contribution in [3.63, 3.8) is 0 Å². The summed E-state index contributed by atoms with van der Waals surface area (Å²) in [5, 5.41) is 3.26. The molecule has 0 saturated carbocycles. The molecule has 3 rings (SSSR count). The molecule has 0 aliphatic carbocycles. The third-order valence-corrected chi connectivity index (χ3v) is 6.48. The number of para-hydroxylation sites is 1. The van der Waals surface area contributed by atoms with Crippen molar-refractivity contribution in [3.8, 4) is 17.2 Å². The van der Waals surface area contributed by atoms with E-state index in [0.717, 1.165) is 0 Å². The van der Waals surface area contributed by atoms with Gasteiger partial charge in [-0.2, -0.15) is 0 Å². The van der Waals surface area contributed by atoms with Crippen molar-refractivity contribution in [1.82, 2.24) is 4.72 Å². The number of rotatable bonds is 11. The number of hydrogen-bond donors (Lipinski definition) is 2. The van der Waals surface area contributed by atoms with E-state index < -0.39 is 10.0 Å². The van der Waals surface area contributed by atoms with Crippen molar-refractivity contribution in [2.24, 2.45) is 0 Å². The normalized spacial score (nSPS) is 12.9. The zero-order valence-corrected chi connectivity index (χ0v) is 19.4. The Morgan fingerprint density at radius 2 is 1.88 bits per heavy atom. The maximum Gasteiger partial charge on any atom is 0.240 e. The number of amides is 1. The van der Waals surface area contributed by atoms with Crippen LogP contribution in [0.1, 0.15) is 32.6 Å². The van der Waals surface area contributed by atoms with Gasteiger partial charge in [-0.25, -0.2) is 13.1 Å². The summed E-state index contributed by atoms with van der Waals surface area (Å²) in [4.78, 5) is 12.4. The first-order valence-electron chi connectivity index (χ1n) is 10.5. The highest BCUT2D eigenvalue weighted by molar-refractivity contribution is 7.89. The molecule has 2 aromatic rings. The van der Waals surface area contributed by atoms with Gasteiger partial charge in [0.15, 0.2) is 17.2 Å². The first kappa shape index (κ1) is 24.2. The predicted molar refractivity (Wildman–Crippen MR) is 122 cm³/mol. The van der Waals surface area contributed by atoms with E-state index in [9.17, 15) is 13.2 Å². The summed E-state index contributed by atoms with van der Waals surface area (Å²) >= 11 is 6.12. The van der Waals surface area contributed by atoms with Gasteiger partial charge in [0.25, 0.3) is 0 Å². The van der Waals surface area contributed by atoms with Crippen LogP contribution < -0.4 is 24.2 Å². The fourth-order valence-corrected chi connectivity index (χ4v) is 4.50. The molecular formula is C22H27ClN2O6S. The maximum absolute atomic E-state index is 12.5. The van der Waals surface area contributed by atoms with Crippen molar-refractivity contribution in [1.29, 1.82) is 0 Å². The van der Waals surface area contributed by atoms with Crippen LogP contribution in [0.3, 0.4) is 0 Å². The first-order chi connectivity index (χ1) is 15.4. The SMILES string of the molecule is CCOc1c(Cl)cccc1NC(=O)CCCCCNS(=O)(=O)c1ccc2c(c1)OCCO2. The van der Waals surface area contributed by atoms with Gasteiger partial charge in [0, 0.05) is 19.0 Å². The van der Waals surface area contributed by atoms with Crippen molar-refractivity contribution in [2.75, 3.05) is 31.7 Å². The standard InChI is InChI=1S/C22H27ClN2O6S/c1-2-29-22-17(23)7-6-8-18(22)25-21(26)9-4-3-5-12-24-32(27,28)16-10-11-19-20(15-16)31-14-13-30-19/h6-8,10-11,15,24H,2-5,9,12-14H2,1H3,(H,25,26). The smallest absolute Gasteiger partial charge is 0.240 e. The molecule has 0 atom stereocenters. The number of sulfonamides is 1. The summed E-state index contributed by atoms with van der Waals surface area (Å²) in [7, 11) is -3.64. The molecule has 0 saturated heterocycles. The molecule has 0 radical (unpaired) electrons. The van der Waals surface area contributed by atoms with Crippen molar-refractivity contribution in [2.45, 2.75) is 37.5 Å². The summed E-state index contributed by atoms with van der Waals surface area (Å²) in [5.74, 6) is 1.28. The van der Waals surface area contributed by atoms with Crippen LogP contribution in [0.4, 0.5) is 5.69 Å². The maximum atomic E-state index is 12.5. The van der Waals surface area contributed by atoms with Gasteiger partial charge < -0.3 is 19.5 Å². The lowest BCUT2D eigenvalue weighted by molar-refractivity contribution is -0.116. The van der Waals surface area contributed by atoms with E-state index in [4.69, 9.17) is 25.8 Å². The highest BCUT2D eigenvalue weighted by atomic mass is 35.5. The van der Waals surface area contributed by atoms with Gasteiger partial charge in [0.2, 0.25) is 15.9 Å². The van der Waals surface area contributed by atoms with Crippen molar-refractivity contribution in [3.05, 3.63) is 41.4 Å². The third kappa shape index (κ3) is 6.51. The van der Waals surface area contributed by atoms with E-state index in [2.05, 4.69) is 10.0 Å². The largest absolute Gasteiger partial charge is 0.490 e. The van der Waals surface area contributed by atoms with Crippen LogP contribution in [-0.2, 0) is 14.8 Å². The average molecular weight is 483 g/mol. The number of halogens is 1. The van der Waals surface area contributed by atoms with Crippen LogP contribution in [-0.4, -0.2) is 40.7 Å². The van der Waals surface area contributed by atoms with Crippen LogP contribution in [0.2, 0.25) is 5.02 Å². The molecule has 0 spiro atoms. The lowest BCUT2D eigenvalue weighted by Gasteiger charge is -2.18. The van der Waals surface area contributed by atoms with Crippen molar-refractivity contribution >= 4 is 33.2 Å². The second-order valence-electron chi connectivity index (χ2n) is 7.11. The van der Waals surface area contributed by atoms with Crippen LogP contribution in [0, 0.1) is 0 Å². The summed E-state index contributed by atoms with van der Waals surface area (Å²) in [6.45, 7) is 3.40. The zero-order chi connectivity index (χ0) is 23.0. The number of anilines is 1. The Morgan fingerprint density at radius 1 is 1.09 bits per heavy atom. The van der Waals surface area contributed by atoms with Gasteiger partial charge in [-0.15, -0.1) is 0 Å². The minimum atomic E-state index is -3.64. The Kier molecular flexibility index (Phi) is 8.60. The molecule has 1 amide bonds. The van der Waals surface area contributed by atoms with Gasteiger partial charge in [-0.1, -0.05) is 24.1 Å². The minimum Gasteiger partial charge on any atom is -0.490 e. The van der Waals surface area contributed by atoms with E-state index in [1.807, 2.05) is 6.92 Å². The molecule has 8 nitrogen and oxygen atoms in total. The first-order valence-corrected chi connectivity index (χ1v) is 12.4. The highest BCUT2D eigenvalue weighted by Crippen LogP contribution is 2.33. The molecule has 32 heavy (non-hydrogen) atoms. The fourth-order valence-electron chi connectivity index (χ4n) is 3.18. The summed E-state index contributed by atoms with van der Waals surface area (Å²) < 4.78 is 43.9. The van der Waals surface area contributed by atoms with Crippen molar-refractivity contribution < 1.29 is 27.4 Å². The summed E-state index contributed by atoms with van der Waals surface area (Å²) in [6.07, 6.45) is 2.25. The molecule has 0 aromatic heterocycles. The Hall–Kier alpha value is -2.49. The number of hydrogen-bond acceptors (Lipinski definition) is 6. The summed E-state index contributed by atoms with van der Waals surface area (Å²) in [6, 6.07) is 9.74. The monoisotopic (exact) mass is 482 g/mol. The molecule has 1 aliphatic rings. The molecule has 10 heteroatoms. The molecule has 2 aromatic carbocycles.